The molecule has 0 fully saturated rings. The summed E-state index contributed by atoms with van der Waals surface area (Å²) >= 11 is 0. The Morgan fingerprint density at radius 3 is 2.40 bits per heavy atom. The first kappa shape index (κ1) is 19.6. The van der Waals surface area contributed by atoms with E-state index >= 15 is 0 Å². The number of carbonyl (C=O) groups is 2. The molecule has 0 saturated heterocycles. The number of carbonyl (C=O) groups excluding carboxylic acids is 2. The number of esters is 1. The molecule has 1 aromatic carbocycles. The summed E-state index contributed by atoms with van der Waals surface area (Å²) in [5.41, 5.74) is 0.508. The van der Waals surface area contributed by atoms with E-state index in [1.807, 2.05) is 6.07 Å². The van der Waals surface area contributed by atoms with Crippen molar-refractivity contribution < 1.29 is 18.8 Å². The second-order valence-electron chi connectivity index (χ2n) is 8.08. The Labute approximate surface area is 151 Å². The summed E-state index contributed by atoms with van der Waals surface area (Å²) in [6.07, 6.45) is 3.36. The minimum atomic E-state index is -2.00. The molecule has 0 amide bonds. The number of benzene rings is 1. The SMILES string of the molecule is CC(C)(C)[Si](C)(C)O[C@@H]1CC(=O)C=C[C@H](OC(=O)c2ccccc2)C1. The van der Waals surface area contributed by atoms with Crippen molar-refractivity contribution in [3.05, 3.63) is 48.0 Å². The number of hydrogen-bond acceptors (Lipinski definition) is 4. The van der Waals surface area contributed by atoms with Crippen molar-refractivity contribution in [2.75, 3.05) is 0 Å². The highest BCUT2D eigenvalue weighted by atomic mass is 28.4. The molecule has 0 spiro atoms. The van der Waals surface area contributed by atoms with Gasteiger partial charge in [-0.3, -0.25) is 4.79 Å². The molecule has 2 rings (SSSR count). The lowest BCUT2D eigenvalue weighted by molar-refractivity contribution is -0.116. The van der Waals surface area contributed by atoms with Crippen LogP contribution in [0.2, 0.25) is 18.1 Å². The zero-order chi connectivity index (χ0) is 18.7. The van der Waals surface area contributed by atoms with Crippen molar-refractivity contribution in [1.82, 2.24) is 0 Å². The molecule has 1 aliphatic carbocycles. The lowest BCUT2D eigenvalue weighted by atomic mass is 10.1. The van der Waals surface area contributed by atoms with Crippen LogP contribution in [0, 0.1) is 0 Å². The van der Waals surface area contributed by atoms with Crippen molar-refractivity contribution in [2.45, 2.75) is 64.0 Å². The fourth-order valence-corrected chi connectivity index (χ4v) is 3.84. The topological polar surface area (TPSA) is 52.6 Å². The summed E-state index contributed by atoms with van der Waals surface area (Å²) in [7, 11) is -2.00. The van der Waals surface area contributed by atoms with Crippen LogP contribution in [0.5, 0.6) is 0 Å². The zero-order valence-electron chi connectivity index (χ0n) is 15.7. The van der Waals surface area contributed by atoms with Gasteiger partial charge in [0.1, 0.15) is 6.10 Å². The predicted octanol–water partition coefficient (Wildman–Crippen LogP) is 4.52. The Hall–Kier alpha value is -1.72. The Morgan fingerprint density at radius 1 is 1.16 bits per heavy atom. The average molecular weight is 361 g/mol. The molecular formula is C20H28O4Si. The number of ketones is 1. The van der Waals surface area contributed by atoms with Crippen LogP contribution in [0.3, 0.4) is 0 Å². The van der Waals surface area contributed by atoms with E-state index in [-0.39, 0.29) is 22.9 Å². The molecule has 4 nitrogen and oxygen atoms in total. The summed E-state index contributed by atoms with van der Waals surface area (Å²) in [5, 5.41) is 0.0615. The lowest BCUT2D eigenvalue weighted by Crippen LogP contribution is -2.45. The lowest BCUT2D eigenvalue weighted by Gasteiger charge is -2.39. The Balaban J connectivity index is 2.08. The molecule has 1 aromatic rings. The molecule has 0 radical (unpaired) electrons. The summed E-state index contributed by atoms with van der Waals surface area (Å²) in [6.45, 7) is 10.8. The standard InChI is InChI=1S/C20H28O4Si/c1-20(2,3)25(4,5)24-18-13-16(21)11-12-17(14-18)23-19(22)15-9-7-6-8-10-15/h6-12,17-18H,13-14H2,1-5H3/t17-,18+/m0/s1. The van der Waals surface area contributed by atoms with Crippen LogP contribution in [-0.4, -0.2) is 32.3 Å². The summed E-state index contributed by atoms with van der Waals surface area (Å²) in [5.74, 6) is -0.363. The van der Waals surface area contributed by atoms with Gasteiger partial charge in [-0.05, 0) is 42.4 Å². The monoisotopic (exact) mass is 360 g/mol. The summed E-state index contributed by atoms with van der Waals surface area (Å²) < 4.78 is 12.0. The second kappa shape index (κ2) is 7.66. The van der Waals surface area contributed by atoms with E-state index in [0.717, 1.165) is 0 Å². The van der Waals surface area contributed by atoms with Crippen molar-refractivity contribution in [2.24, 2.45) is 0 Å². The van der Waals surface area contributed by atoms with Gasteiger partial charge in [-0.1, -0.05) is 39.0 Å². The van der Waals surface area contributed by atoms with Crippen molar-refractivity contribution in [1.29, 1.82) is 0 Å². The molecule has 1 aliphatic rings. The molecule has 0 aromatic heterocycles. The maximum atomic E-state index is 12.3. The largest absolute Gasteiger partial charge is 0.454 e. The van der Waals surface area contributed by atoms with Crippen LogP contribution in [0.25, 0.3) is 0 Å². The van der Waals surface area contributed by atoms with E-state index in [4.69, 9.17) is 9.16 Å². The van der Waals surface area contributed by atoms with Gasteiger partial charge in [0, 0.05) is 12.8 Å². The fraction of sp³-hybridized carbons (Fsp3) is 0.500. The molecule has 136 valence electrons. The smallest absolute Gasteiger partial charge is 0.338 e. The van der Waals surface area contributed by atoms with E-state index < -0.39 is 14.4 Å². The van der Waals surface area contributed by atoms with Crippen LogP contribution in [-0.2, 0) is 14.0 Å². The molecular weight excluding hydrogens is 332 g/mol. The maximum absolute atomic E-state index is 12.3. The molecule has 0 saturated carbocycles. The number of rotatable bonds is 4. The fourth-order valence-electron chi connectivity index (χ4n) is 2.48. The van der Waals surface area contributed by atoms with E-state index in [1.165, 1.54) is 6.08 Å². The maximum Gasteiger partial charge on any atom is 0.338 e. The van der Waals surface area contributed by atoms with Gasteiger partial charge in [0.2, 0.25) is 0 Å². The van der Waals surface area contributed by atoms with E-state index in [1.54, 1.807) is 30.3 Å². The Kier molecular flexibility index (Phi) is 6.01. The Morgan fingerprint density at radius 2 is 1.80 bits per heavy atom. The number of hydrogen-bond donors (Lipinski definition) is 0. The zero-order valence-corrected chi connectivity index (χ0v) is 16.7. The van der Waals surface area contributed by atoms with E-state index in [2.05, 4.69) is 33.9 Å². The molecule has 0 unspecified atom stereocenters. The average Bonchev–Trinajstić information content (AvgIpc) is 2.68. The van der Waals surface area contributed by atoms with E-state index in [0.29, 0.717) is 18.4 Å². The highest BCUT2D eigenvalue weighted by Crippen LogP contribution is 2.38. The van der Waals surface area contributed by atoms with Crippen LogP contribution in [0.1, 0.15) is 44.0 Å². The first-order chi connectivity index (χ1) is 11.6. The first-order valence-corrected chi connectivity index (χ1v) is 11.6. The summed E-state index contributed by atoms with van der Waals surface area (Å²) in [4.78, 5) is 24.3. The van der Waals surface area contributed by atoms with Crippen molar-refractivity contribution in [3.63, 3.8) is 0 Å². The molecule has 25 heavy (non-hydrogen) atoms. The van der Waals surface area contributed by atoms with Crippen LogP contribution in [0.15, 0.2) is 42.5 Å². The van der Waals surface area contributed by atoms with Crippen molar-refractivity contribution >= 4 is 20.1 Å². The normalized spacial score (nSPS) is 21.7. The van der Waals surface area contributed by atoms with Gasteiger partial charge in [0.15, 0.2) is 14.1 Å². The van der Waals surface area contributed by atoms with Gasteiger partial charge >= 0.3 is 5.97 Å². The van der Waals surface area contributed by atoms with Crippen LogP contribution < -0.4 is 0 Å². The van der Waals surface area contributed by atoms with Crippen LogP contribution in [0.4, 0.5) is 0 Å². The predicted molar refractivity (Wildman–Crippen MR) is 101 cm³/mol. The molecule has 2 atom stereocenters. The highest BCUT2D eigenvalue weighted by Gasteiger charge is 2.40. The van der Waals surface area contributed by atoms with Gasteiger partial charge in [0.25, 0.3) is 0 Å². The number of ether oxygens (including phenoxy) is 1. The quantitative estimate of drug-likeness (QED) is 0.585. The third-order valence-corrected chi connectivity index (χ3v) is 9.49. The minimum Gasteiger partial charge on any atom is -0.454 e. The first-order valence-electron chi connectivity index (χ1n) is 8.73. The minimum absolute atomic E-state index is 0.0157. The molecule has 0 bridgehead atoms. The Bertz CT molecular complexity index is 643. The van der Waals surface area contributed by atoms with Gasteiger partial charge < -0.3 is 9.16 Å². The van der Waals surface area contributed by atoms with Gasteiger partial charge in [-0.2, -0.15) is 0 Å². The third kappa shape index (κ3) is 5.38. The molecule has 0 heterocycles. The van der Waals surface area contributed by atoms with Crippen LogP contribution >= 0.6 is 0 Å². The van der Waals surface area contributed by atoms with Gasteiger partial charge in [-0.25, -0.2) is 4.79 Å². The second-order valence-corrected chi connectivity index (χ2v) is 12.8. The van der Waals surface area contributed by atoms with Gasteiger partial charge in [-0.15, -0.1) is 0 Å². The molecule has 5 heteroatoms. The summed E-state index contributed by atoms with van der Waals surface area (Å²) in [6, 6.07) is 8.89. The van der Waals surface area contributed by atoms with Gasteiger partial charge in [0.05, 0.1) is 11.7 Å². The molecule has 0 aliphatic heterocycles. The van der Waals surface area contributed by atoms with E-state index in [9.17, 15) is 9.59 Å². The van der Waals surface area contributed by atoms with Crippen molar-refractivity contribution in [3.8, 4) is 0 Å². The molecule has 0 N–H and O–H groups in total. The highest BCUT2D eigenvalue weighted by molar-refractivity contribution is 6.74. The number of allylic oxidation sites excluding steroid dienone is 1. The third-order valence-electron chi connectivity index (χ3n) is 4.96.